The molecule has 3 rings (SSSR count). The van der Waals surface area contributed by atoms with Crippen molar-refractivity contribution in [2.75, 3.05) is 16.4 Å². The fourth-order valence-corrected chi connectivity index (χ4v) is 3.54. The van der Waals surface area contributed by atoms with E-state index in [1.165, 1.54) is 0 Å². The van der Waals surface area contributed by atoms with Crippen LogP contribution in [0.15, 0.2) is 71.8 Å². The van der Waals surface area contributed by atoms with Gasteiger partial charge >= 0.3 is 6.03 Å². The van der Waals surface area contributed by atoms with E-state index in [9.17, 15) is 4.79 Å². The van der Waals surface area contributed by atoms with Crippen LogP contribution in [-0.4, -0.2) is 16.8 Å². The molecule has 0 spiro atoms. The molecule has 1 aromatic heterocycles. The number of nitrogens with one attached hydrogen (secondary N) is 2. The Morgan fingerprint density at radius 3 is 2.52 bits per heavy atom. The molecule has 0 atom stereocenters. The fraction of sp³-hybridized carbons (Fsp3) is 0.182. The maximum absolute atomic E-state index is 12.4. The van der Waals surface area contributed by atoms with Crippen molar-refractivity contribution in [1.82, 2.24) is 4.98 Å². The Morgan fingerprint density at radius 2 is 1.78 bits per heavy atom. The van der Waals surface area contributed by atoms with Gasteiger partial charge in [0.2, 0.25) is 0 Å². The van der Waals surface area contributed by atoms with Gasteiger partial charge in [-0.25, -0.2) is 4.79 Å². The van der Waals surface area contributed by atoms with Crippen molar-refractivity contribution < 1.29 is 4.79 Å². The summed E-state index contributed by atoms with van der Waals surface area (Å²) in [5, 5.41) is 5.83. The molecule has 27 heavy (non-hydrogen) atoms. The second-order valence-electron chi connectivity index (χ2n) is 6.19. The molecule has 0 bridgehead atoms. The van der Waals surface area contributed by atoms with Crippen molar-refractivity contribution in [3.05, 3.63) is 72.6 Å². The van der Waals surface area contributed by atoms with Gasteiger partial charge in [-0.2, -0.15) is 0 Å². The van der Waals surface area contributed by atoms with Crippen LogP contribution < -0.4 is 10.6 Å². The summed E-state index contributed by atoms with van der Waals surface area (Å²) in [7, 11) is 0. The lowest BCUT2D eigenvalue weighted by molar-refractivity contribution is 0.262. The third-order valence-corrected chi connectivity index (χ3v) is 5.25. The highest BCUT2D eigenvalue weighted by Gasteiger charge is 2.07. The Labute approximate surface area is 164 Å². The number of hydrogen-bond donors (Lipinski definition) is 2. The number of hydrogen-bond acceptors (Lipinski definition) is 3. The molecule has 0 saturated heterocycles. The first-order valence-electron chi connectivity index (χ1n) is 8.98. The molecule has 0 saturated carbocycles. The summed E-state index contributed by atoms with van der Waals surface area (Å²) in [5.41, 5.74) is 4.76. The van der Waals surface area contributed by atoms with Gasteiger partial charge in [-0.3, -0.25) is 4.98 Å². The lowest BCUT2D eigenvalue weighted by Gasteiger charge is -2.12. The Hall–Kier alpha value is -2.79. The predicted molar refractivity (Wildman–Crippen MR) is 115 cm³/mol. The van der Waals surface area contributed by atoms with Crippen LogP contribution in [0.3, 0.4) is 0 Å². The second-order valence-corrected chi connectivity index (χ2v) is 7.32. The number of para-hydroxylation sites is 1. The summed E-state index contributed by atoms with van der Waals surface area (Å²) in [6.45, 7) is 4.12. The van der Waals surface area contributed by atoms with Crippen LogP contribution in [0.5, 0.6) is 0 Å². The normalized spacial score (nSPS) is 10.4. The van der Waals surface area contributed by atoms with Gasteiger partial charge in [0.25, 0.3) is 0 Å². The highest BCUT2D eigenvalue weighted by Crippen LogP contribution is 2.27. The molecule has 4 nitrogen and oxygen atoms in total. The maximum atomic E-state index is 12.4. The standard InChI is InChI=1S/C22H23N3OS/c1-3-14-27-21-7-5-4-6-20(21)25-22(26)24-19-10-8-17(9-11-19)18-12-13-23-16(2)15-18/h4-13,15H,3,14H2,1-2H3,(H2,24,25,26). The van der Waals surface area contributed by atoms with E-state index in [1.54, 1.807) is 18.0 Å². The third kappa shape index (κ3) is 5.34. The minimum atomic E-state index is -0.243. The summed E-state index contributed by atoms with van der Waals surface area (Å²) in [6.07, 6.45) is 2.90. The lowest BCUT2D eigenvalue weighted by atomic mass is 10.1. The second kappa shape index (κ2) is 9.24. The van der Waals surface area contributed by atoms with Gasteiger partial charge < -0.3 is 10.6 Å². The zero-order valence-electron chi connectivity index (χ0n) is 15.5. The molecule has 3 aromatic rings. The number of rotatable bonds is 6. The Morgan fingerprint density at radius 1 is 1.00 bits per heavy atom. The average molecular weight is 378 g/mol. The van der Waals surface area contributed by atoms with Crippen molar-refractivity contribution >= 4 is 29.2 Å². The van der Waals surface area contributed by atoms with Crippen LogP contribution in [0.4, 0.5) is 16.2 Å². The number of aromatic nitrogens is 1. The molecule has 0 radical (unpaired) electrons. The molecule has 2 N–H and O–H groups in total. The van der Waals surface area contributed by atoms with Gasteiger partial charge in [-0.15, -0.1) is 11.8 Å². The first kappa shape index (κ1) is 19.0. The van der Waals surface area contributed by atoms with Gasteiger partial charge in [-0.1, -0.05) is 31.2 Å². The molecule has 0 unspecified atom stereocenters. The molecule has 0 fully saturated rings. The average Bonchev–Trinajstić information content (AvgIpc) is 2.68. The van der Waals surface area contributed by atoms with E-state index in [1.807, 2.05) is 67.6 Å². The zero-order valence-corrected chi connectivity index (χ0v) is 16.3. The van der Waals surface area contributed by atoms with E-state index in [2.05, 4.69) is 22.5 Å². The summed E-state index contributed by atoms with van der Waals surface area (Å²) in [6, 6.07) is 19.4. The van der Waals surface area contributed by atoms with E-state index in [0.29, 0.717) is 0 Å². The SMILES string of the molecule is CCCSc1ccccc1NC(=O)Nc1ccc(-c2ccnc(C)c2)cc1. The number of thioether (sulfide) groups is 1. The predicted octanol–water partition coefficient (Wildman–Crippen LogP) is 6.20. The minimum absolute atomic E-state index is 0.243. The Bertz CT molecular complexity index is 909. The smallest absolute Gasteiger partial charge is 0.308 e. The lowest BCUT2D eigenvalue weighted by Crippen LogP contribution is -2.19. The number of urea groups is 1. The Kier molecular flexibility index (Phi) is 6.49. The maximum Gasteiger partial charge on any atom is 0.323 e. The summed E-state index contributed by atoms with van der Waals surface area (Å²) in [4.78, 5) is 17.7. The Balaban J connectivity index is 1.65. The molecule has 0 aliphatic heterocycles. The third-order valence-electron chi connectivity index (χ3n) is 3.97. The molecule has 2 aromatic carbocycles. The van der Waals surface area contributed by atoms with Crippen molar-refractivity contribution in [2.24, 2.45) is 0 Å². The molecule has 1 heterocycles. The molecular weight excluding hydrogens is 354 g/mol. The largest absolute Gasteiger partial charge is 0.323 e. The van der Waals surface area contributed by atoms with Crippen LogP contribution in [-0.2, 0) is 0 Å². The van der Waals surface area contributed by atoms with Crippen molar-refractivity contribution in [3.63, 3.8) is 0 Å². The van der Waals surface area contributed by atoms with Crippen LogP contribution in [0.25, 0.3) is 11.1 Å². The van der Waals surface area contributed by atoms with E-state index in [-0.39, 0.29) is 6.03 Å². The van der Waals surface area contributed by atoms with Gasteiger partial charge in [0.15, 0.2) is 0 Å². The first-order valence-corrected chi connectivity index (χ1v) is 9.97. The molecule has 138 valence electrons. The highest BCUT2D eigenvalue weighted by molar-refractivity contribution is 7.99. The highest BCUT2D eigenvalue weighted by atomic mass is 32.2. The van der Waals surface area contributed by atoms with E-state index in [0.717, 1.165) is 45.3 Å². The molecule has 0 aliphatic carbocycles. The van der Waals surface area contributed by atoms with E-state index >= 15 is 0 Å². The number of aryl methyl sites for hydroxylation is 1. The van der Waals surface area contributed by atoms with Gasteiger partial charge in [0.05, 0.1) is 5.69 Å². The van der Waals surface area contributed by atoms with Gasteiger partial charge in [0.1, 0.15) is 0 Å². The van der Waals surface area contributed by atoms with Gasteiger partial charge in [-0.05, 0) is 66.6 Å². The van der Waals surface area contributed by atoms with Gasteiger partial charge in [0, 0.05) is 22.5 Å². The fourth-order valence-electron chi connectivity index (χ4n) is 2.66. The summed E-state index contributed by atoms with van der Waals surface area (Å²) >= 11 is 1.75. The van der Waals surface area contributed by atoms with Crippen LogP contribution in [0.1, 0.15) is 19.0 Å². The first-order chi connectivity index (χ1) is 13.2. The number of carbonyl (C=O) groups excluding carboxylic acids is 1. The number of anilines is 2. The van der Waals surface area contributed by atoms with Crippen molar-refractivity contribution in [2.45, 2.75) is 25.2 Å². The summed E-state index contributed by atoms with van der Waals surface area (Å²) < 4.78 is 0. The van der Waals surface area contributed by atoms with Crippen molar-refractivity contribution in [1.29, 1.82) is 0 Å². The number of benzene rings is 2. The molecular formula is C22H23N3OS. The molecule has 2 amide bonds. The van der Waals surface area contributed by atoms with E-state index < -0.39 is 0 Å². The van der Waals surface area contributed by atoms with Crippen LogP contribution in [0, 0.1) is 6.92 Å². The van der Waals surface area contributed by atoms with E-state index in [4.69, 9.17) is 0 Å². The van der Waals surface area contributed by atoms with Crippen LogP contribution >= 0.6 is 11.8 Å². The summed E-state index contributed by atoms with van der Waals surface area (Å²) in [5.74, 6) is 1.02. The molecule has 0 aliphatic rings. The number of pyridine rings is 1. The number of carbonyl (C=O) groups is 1. The van der Waals surface area contributed by atoms with Crippen LogP contribution in [0.2, 0.25) is 0 Å². The quantitative estimate of drug-likeness (QED) is 0.503. The minimum Gasteiger partial charge on any atom is -0.308 e. The molecule has 5 heteroatoms. The number of nitrogens with zero attached hydrogens (tertiary/aromatic N) is 1. The monoisotopic (exact) mass is 377 g/mol. The van der Waals surface area contributed by atoms with Crippen molar-refractivity contribution in [3.8, 4) is 11.1 Å². The number of amides is 2. The topological polar surface area (TPSA) is 54.0 Å². The zero-order chi connectivity index (χ0) is 19.1.